The summed E-state index contributed by atoms with van der Waals surface area (Å²) >= 11 is 0. The van der Waals surface area contributed by atoms with Crippen LogP contribution < -0.4 is 5.32 Å². The summed E-state index contributed by atoms with van der Waals surface area (Å²) in [5.41, 5.74) is 2.67. The van der Waals surface area contributed by atoms with Crippen molar-refractivity contribution in [2.45, 2.75) is 39.2 Å². The van der Waals surface area contributed by atoms with Crippen LogP contribution in [0.15, 0.2) is 47.1 Å². The summed E-state index contributed by atoms with van der Waals surface area (Å²) in [6.07, 6.45) is 5.19. The molecule has 0 aliphatic heterocycles. The van der Waals surface area contributed by atoms with Crippen molar-refractivity contribution in [3.8, 4) is 0 Å². The predicted molar refractivity (Wildman–Crippen MR) is 79.3 cm³/mol. The van der Waals surface area contributed by atoms with Crippen molar-refractivity contribution in [1.82, 2.24) is 5.32 Å². The molecule has 2 nitrogen and oxygen atoms in total. The van der Waals surface area contributed by atoms with Gasteiger partial charge in [-0.1, -0.05) is 44.5 Å². The third kappa shape index (κ3) is 3.71. The molecule has 1 N–H and O–H groups in total. The van der Waals surface area contributed by atoms with Gasteiger partial charge in [0.25, 0.3) is 0 Å². The van der Waals surface area contributed by atoms with Gasteiger partial charge in [-0.15, -0.1) is 0 Å². The molecule has 19 heavy (non-hydrogen) atoms. The normalized spacial score (nSPS) is 12.5. The molecule has 0 aliphatic rings. The second-order valence-corrected chi connectivity index (χ2v) is 4.89. The summed E-state index contributed by atoms with van der Waals surface area (Å²) in [6, 6.07) is 13.0. The maximum Gasteiger partial charge on any atom is 0.125 e. The van der Waals surface area contributed by atoms with Crippen molar-refractivity contribution in [3.63, 3.8) is 0 Å². The van der Waals surface area contributed by atoms with Crippen molar-refractivity contribution in [3.05, 3.63) is 59.5 Å². The van der Waals surface area contributed by atoms with Crippen LogP contribution in [-0.4, -0.2) is 6.54 Å². The van der Waals surface area contributed by atoms with Crippen LogP contribution >= 0.6 is 0 Å². The van der Waals surface area contributed by atoms with Crippen molar-refractivity contribution in [2.75, 3.05) is 6.54 Å². The van der Waals surface area contributed by atoms with Gasteiger partial charge in [-0.3, -0.25) is 0 Å². The van der Waals surface area contributed by atoms with E-state index in [2.05, 4.69) is 43.4 Å². The first-order chi connectivity index (χ1) is 9.35. The Hall–Kier alpha value is -1.54. The van der Waals surface area contributed by atoms with Gasteiger partial charge in [0.05, 0.1) is 12.3 Å². The fourth-order valence-corrected chi connectivity index (χ4v) is 2.29. The maximum absolute atomic E-state index is 5.56. The minimum Gasteiger partial charge on any atom is -0.467 e. The number of rotatable bonds is 7. The van der Waals surface area contributed by atoms with Gasteiger partial charge in [0.15, 0.2) is 0 Å². The first-order valence-corrected chi connectivity index (χ1v) is 7.20. The van der Waals surface area contributed by atoms with E-state index in [1.165, 1.54) is 17.5 Å². The SMILES string of the molecule is CCCNC(c1ccc(CCC)cc1)c1ccco1. The zero-order valence-electron chi connectivity index (χ0n) is 11.9. The number of furan rings is 1. The summed E-state index contributed by atoms with van der Waals surface area (Å²) in [6.45, 7) is 5.38. The summed E-state index contributed by atoms with van der Waals surface area (Å²) in [5.74, 6) is 0.983. The summed E-state index contributed by atoms with van der Waals surface area (Å²) in [5, 5.41) is 3.55. The lowest BCUT2D eigenvalue weighted by Crippen LogP contribution is -2.22. The van der Waals surface area contributed by atoms with Crippen LogP contribution in [0.25, 0.3) is 0 Å². The second kappa shape index (κ2) is 7.15. The molecule has 0 amide bonds. The molecular weight excluding hydrogens is 234 g/mol. The molecule has 2 aromatic rings. The Morgan fingerprint density at radius 3 is 2.42 bits per heavy atom. The van der Waals surface area contributed by atoms with E-state index >= 15 is 0 Å². The van der Waals surface area contributed by atoms with Crippen LogP contribution in [0.2, 0.25) is 0 Å². The Morgan fingerprint density at radius 1 is 1.05 bits per heavy atom. The molecule has 0 aliphatic carbocycles. The van der Waals surface area contributed by atoms with E-state index in [0.29, 0.717) is 0 Å². The van der Waals surface area contributed by atoms with Crippen LogP contribution in [-0.2, 0) is 6.42 Å². The van der Waals surface area contributed by atoms with E-state index in [9.17, 15) is 0 Å². The Labute approximate surface area is 115 Å². The van der Waals surface area contributed by atoms with Gasteiger partial charge < -0.3 is 9.73 Å². The van der Waals surface area contributed by atoms with Gasteiger partial charge in [-0.25, -0.2) is 0 Å². The molecule has 0 saturated carbocycles. The Morgan fingerprint density at radius 2 is 1.84 bits per heavy atom. The monoisotopic (exact) mass is 257 g/mol. The average Bonchev–Trinajstić information content (AvgIpc) is 2.95. The summed E-state index contributed by atoms with van der Waals surface area (Å²) < 4.78 is 5.56. The predicted octanol–water partition coefficient (Wildman–Crippen LogP) is 4.32. The minimum atomic E-state index is 0.158. The van der Waals surface area contributed by atoms with E-state index < -0.39 is 0 Å². The lowest BCUT2D eigenvalue weighted by molar-refractivity contribution is 0.446. The summed E-state index contributed by atoms with van der Waals surface area (Å²) in [7, 11) is 0. The van der Waals surface area contributed by atoms with Crippen LogP contribution in [0.4, 0.5) is 0 Å². The fourth-order valence-electron chi connectivity index (χ4n) is 2.29. The van der Waals surface area contributed by atoms with E-state index in [-0.39, 0.29) is 6.04 Å². The molecule has 0 bridgehead atoms. The topological polar surface area (TPSA) is 25.2 Å². The van der Waals surface area contributed by atoms with Gasteiger partial charge in [-0.2, -0.15) is 0 Å². The molecule has 1 aromatic carbocycles. The molecule has 1 atom stereocenters. The number of benzene rings is 1. The van der Waals surface area contributed by atoms with Crippen molar-refractivity contribution in [2.24, 2.45) is 0 Å². The second-order valence-electron chi connectivity index (χ2n) is 4.89. The Bertz CT molecular complexity index is 459. The van der Waals surface area contributed by atoms with Crippen molar-refractivity contribution in [1.29, 1.82) is 0 Å². The molecular formula is C17H23NO. The quantitative estimate of drug-likeness (QED) is 0.799. The molecule has 1 aromatic heterocycles. The molecule has 1 unspecified atom stereocenters. The highest BCUT2D eigenvalue weighted by molar-refractivity contribution is 5.30. The number of hydrogen-bond donors (Lipinski definition) is 1. The zero-order chi connectivity index (χ0) is 13.5. The van der Waals surface area contributed by atoms with Crippen LogP contribution in [0.1, 0.15) is 49.6 Å². The van der Waals surface area contributed by atoms with Crippen molar-refractivity contribution < 1.29 is 4.42 Å². The highest BCUT2D eigenvalue weighted by Crippen LogP contribution is 2.23. The third-order valence-corrected chi connectivity index (χ3v) is 3.28. The largest absolute Gasteiger partial charge is 0.467 e. The molecule has 102 valence electrons. The van der Waals surface area contributed by atoms with E-state index in [4.69, 9.17) is 4.42 Å². The fraction of sp³-hybridized carbons (Fsp3) is 0.412. The molecule has 2 rings (SSSR count). The average molecular weight is 257 g/mol. The lowest BCUT2D eigenvalue weighted by atomic mass is 10.0. The number of hydrogen-bond acceptors (Lipinski definition) is 2. The highest BCUT2D eigenvalue weighted by atomic mass is 16.3. The molecule has 2 heteroatoms. The highest BCUT2D eigenvalue weighted by Gasteiger charge is 2.15. The molecule has 0 fully saturated rings. The van der Waals surface area contributed by atoms with Crippen LogP contribution in [0, 0.1) is 0 Å². The molecule has 0 saturated heterocycles. The van der Waals surface area contributed by atoms with E-state index in [1.807, 2.05) is 12.1 Å². The van der Waals surface area contributed by atoms with Gasteiger partial charge in [-0.05, 0) is 42.6 Å². The van der Waals surface area contributed by atoms with Gasteiger partial charge in [0.1, 0.15) is 5.76 Å². The summed E-state index contributed by atoms with van der Waals surface area (Å²) in [4.78, 5) is 0. The molecule has 0 spiro atoms. The Kier molecular flexibility index (Phi) is 5.22. The van der Waals surface area contributed by atoms with Crippen molar-refractivity contribution >= 4 is 0 Å². The standard InChI is InChI=1S/C17H23NO/c1-3-6-14-8-10-15(11-9-14)17(18-12-4-2)16-7-5-13-19-16/h5,7-11,13,17-18H,3-4,6,12H2,1-2H3. The maximum atomic E-state index is 5.56. The van der Waals surface area contributed by atoms with E-state index in [0.717, 1.165) is 25.1 Å². The van der Waals surface area contributed by atoms with Gasteiger partial charge in [0, 0.05) is 0 Å². The number of aryl methyl sites for hydroxylation is 1. The minimum absolute atomic E-state index is 0.158. The molecule has 1 heterocycles. The third-order valence-electron chi connectivity index (χ3n) is 3.28. The first kappa shape index (κ1) is 13.9. The van der Waals surface area contributed by atoms with Gasteiger partial charge in [0.2, 0.25) is 0 Å². The number of nitrogens with one attached hydrogen (secondary N) is 1. The van der Waals surface area contributed by atoms with Gasteiger partial charge >= 0.3 is 0 Å². The lowest BCUT2D eigenvalue weighted by Gasteiger charge is -2.17. The first-order valence-electron chi connectivity index (χ1n) is 7.20. The van der Waals surface area contributed by atoms with Crippen LogP contribution in [0.5, 0.6) is 0 Å². The zero-order valence-corrected chi connectivity index (χ0v) is 11.9. The smallest absolute Gasteiger partial charge is 0.125 e. The van der Waals surface area contributed by atoms with Crippen LogP contribution in [0.3, 0.4) is 0 Å². The molecule has 0 radical (unpaired) electrons. The van der Waals surface area contributed by atoms with E-state index in [1.54, 1.807) is 6.26 Å². The Balaban J connectivity index is 2.17.